The molecule has 0 radical (unpaired) electrons. The number of amides is 1. The number of nitrogens with one attached hydrogen (secondary N) is 1. The van der Waals surface area contributed by atoms with E-state index in [1.54, 1.807) is 24.0 Å². The molecule has 8 heteroatoms. The summed E-state index contributed by atoms with van der Waals surface area (Å²) in [4.78, 5) is 22.7. The minimum Gasteiger partial charge on any atom is -0.481 e. The Balaban J connectivity index is 2.22. The lowest BCUT2D eigenvalue weighted by molar-refractivity contribution is -0.129. The van der Waals surface area contributed by atoms with Gasteiger partial charge in [-0.1, -0.05) is 23.7 Å². The Bertz CT molecular complexity index is 842. The van der Waals surface area contributed by atoms with Crippen LogP contribution in [-0.4, -0.2) is 42.1 Å². The predicted molar refractivity (Wildman–Crippen MR) is 111 cm³/mol. The molecular weight excluding hydrogens is 386 g/mol. The fourth-order valence-corrected chi connectivity index (χ4v) is 3.11. The molecule has 0 aliphatic heterocycles. The Hall–Kier alpha value is -1.99. The molecule has 0 aliphatic rings. The van der Waals surface area contributed by atoms with E-state index >= 15 is 0 Å². The van der Waals surface area contributed by atoms with Crippen LogP contribution in [-0.2, 0) is 9.63 Å². The molecule has 0 saturated heterocycles. The van der Waals surface area contributed by atoms with Gasteiger partial charge in [-0.05, 0) is 38.7 Å². The molecular formula is C19H24ClN3O3S. The lowest BCUT2D eigenvalue weighted by Crippen LogP contribution is -2.50. The van der Waals surface area contributed by atoms with Crippen LogP contribution in [0, 0.1) is 0 Å². The summed E-state index contributed by atoms with van der Waals surface area (Å²) in [7, 11) is 1.45. The second-order valence-corrected chi connectivity index (χ2v) is 7.78. The molecule has 2 aromatic rings. The van der Waals surface area contributed by atoms with Gasteiger partial charge in [0, 0.05) is 22.5 Å². The van der Waals surface area contributed by atoms with Gasteiger partial charge in [0.15, 0.2) is 6.10 Å². The van der Waals surface area contributed by atoms with E-state index in [9.17, 15) is 4.79 Å². The lowest BCUT2D eigenvalue weighted by Gasteiger charge is -2.25. The van der Waals surface area contributed by atoms with Crippen LogP contribution in [0.25, 0.3) is 10.9 Å². The molecule has 0 bridgehead atoms. The van der Waals surface area contributed by atoms with Gasteiger partial charge in [0.1, 0.15) is 12.9 Å². The normalized spacial score (nSPS) is 13.0. The highest BCUT2D eigenvalue weighted by atomic mass is 35.5. The van der Waals surface area contributed by atoms with Crippen molar-refractivity contribution in [1.29, 1.82) is 0 Å². The molecule has 1 N–H and O–H groups in total. The highest BCUT2D eigenvalue weighted by molar-refractivity contribution is 7.98. The van der Waals surface area contributed by atoms with Crippen LogP contribution in [0.2, 0.25) is 5.02 Å². The van der Waals surface area contributed by atoms with Crippen molar-refractivity contribution >= 4 is 46.4 Å². The van der Waals surface area contributed by atoms with Crippen molar-refractivity contribution in [3.05, 3.63) is 29.4 Å². The molecule has 0 fully saturated rings. The maximum atomic E-state index is 12.6. The summed E-state index contributed by atoms with van der Waals surface area (Å²) < 4.78 is 5.93. The zero-order valence-corrected chi connectivity index (χ0v) is 17.6. The van der Waals surface area contributed by atoms with E-state index in [1.807, 2.05) is 39.2 Å². The van der Waals surface area contributed by atoms with Crippen LogP contribution in [0.5, 0.6) is 5.75 Å². The van der Waals surface area contributed by atoms with Gasteiger partial charge in [-0.15, -0.1) is 11.8 Å². The molecule has 1 heterocycles. The van der Waals surface area contributed by atoms with Crippen LogP contribution in [0.1, 0.15) is 27.2 Å². The first kappa shape index (κ1) is 21.3. The number of benzene rings is 1. The summed E-state index contributed by atoms with van der Waals surface area (Å²) in [5.41, 5.74) is 0.0402. The van der Waals surface area contributed by atoms with Crippen LogP contribution >= 0.6 is 23.4 Å². The Morgan fingerprint density at radius 1 is 1.44 bits per heavy atom. The number of hydrogen-bond acceptors (Lipinski definition) is 6. The fourth-order valence-electron chi connectivity index (χ4n) is 2.44. The van der Waals surface area contributed by atoms with Crippen molar-refractivity contribution in [2.45, 2.75) is 43.7 Å². The molecule has 6 nitrogen and oxygen atoms in total. The van der Waals surface area contributed by atoms with Gasteiger partial charge in [0.2, 0.25) is 0 Å². The number of hydrogen-bond donors (Lipinski definition) is 1. The summed E-state index contributed by atoms with van der Waals surface area (Å²) in [6, 6.07) is 5.53. The van der Waals surface area contributed by atoms with Gasteiger partial charge in [-0.25, -0.2) is 0 Å². The quantitative estimate of drug-likeness (QED) is 0.400. The van der Waals surface area contributed by atoms with Crippen molar-refractivity contribution in [1.82, 2.24) is 10.3 Å². The highest BCUT2D eigenvalue weighted by Crippen LogP contribution is 2.30. The van der Waals surface area contributed by atoms with Gasteiger partial charge in [-0.3, -0.25) is 9.78 Å². The average molecular weight is 410 g/mol. The van der Waals surface area contributed by atoms with Crippen LogP contribution < -0.4 is 10.1 Å². The third kappa shape index (κ3) is 5.74. The summed E-state index contributed by atoms with van der Waals surface area (Å²) in [6.45, 7) is 5.53. The highest BCUT2D eigenvalue weighted by Gasteiger charge is 2.25. The number of aromatic nitrogens is 1. The minimum absolute atomic E-state index is 0.239. The van der Waals surface area contributed by atoms with E-state index in [4.69, 9.17) is 16.3 Å². The Morgan fingerprint density at radius 3 is 2.81 bits per heavy atom. The van der Waals surface area contributed by atoms with Crippen molar-refractivity contribution < 1.29 is 14.4 Å². The van der Waals surface area contributed by atoms with E-state index in [2.05, 4.69) is 20.3 Å². The molecule has 0 aliphatic carbocycles. The molecule has 1 aromatic carbocycles. The number of carbonyl (C=O) groups excluding carboxylic acids is 1. The van der Waals surface area contributed by atoms with Crippen molar-refractivity contribution in [3.8, 4) is 5.75 Å². The van der Waals surface area contributed by atoms with E-state index < -0.39 is 11.6 Å². The summed E-state index contributed by atoms with van der Waals surface area (Å²) in [6.07, 6.45) is 5.13. The van der Waals surface area contributed by atoms with Crippen LogP contribution in [0.3, 0.4) is 0 Å². The van der Waals surface area contributed by atoms with E-state index in [1.165, 1.54) is 13.3 Å². The number of rotatable bonds is 8. The molecule has 1 unspecified atom stereocenters. The van der Waals surface area contributed by atoms with Crippen LogP contribution in [0.15, 0.2) is 34.4 Å². The molecule has 0 saturated carbocycles. The third-order valence-corrected chi connectivity index (χ3v) is 4.77. The first-order chi connectivity index (χ1) is 12.8. The van der Waals surface area contributed by atoms with Gasteiger partial charge in [0.25, 0.3) is 5.91 Å². The topological polar surface area (TPSA) is 72.8 Å². The molecule has 1 aromatic heterocycles. The van der Waals surface area contributed by atoms with E-state index in [0.29, 0.717) is 22.7 Å². The summed E-state index contributed by atoms with van der Waals surface area (Å²) in [5, 5.41) is 7.96. The van der Waals surface area contributed by atoms with Gasteiger partial charge >= 0.3 is 0 Å². The number of pyridine rings is 1. The monoisotopic (exact) mass is 409 g/mol. The van der Waals surface area contributed by atoms with Crippen molar-refractivity contribution in [2.75, 3.05) is 13.4 Å². The number of carbonyl (C=O) groups is 1. The number of nitrogens with zero attached hydrogens (tertiary/aromatic N) is 2. The predicted octanol–water partition coefficient (Wildman–Crippen LogP) is 4.29. The first-order valence-electron chi connectivity index (χ1n) is 8.49. The maximum absolute atomic E-state index is 12.6. The van der Waals surface area contributed by atoms with Gasteiger partial charge in [0.05, 0.1) is 22.3 Å². The zero-order valence-electron chi connectivity index (χ0n) is 16.1. The van der Waals surface area contributed by atoms with Gasteiger partial charge < -0.3 is 14.9 Å². The Kier molecular flexibility index (Phi) is 7.33. The summed E-state index contributed by atoms with van der Waals surface area (Å²) in [5.74, 6) is 0.287. The SMILES string of the molecule is CCC(Oc1cc(Cl)c2ncc(SC)cc2c1)C(=O)NC(C)(C)/C=N/OC. The molecule has 27 heavy (non-hydrogen) atoms. The third-order valence-electron chi connectivity index (χ3n) is 3.79. The standard InChI is InChI=1S/C19H24ClN3O3S/c1-6-16(18(24)23-19(2,3)11-22-25-4)26-13-7-12-8-14(27-5)10-21-17(12)15(20)9-13/h7-11,16H,6H2,1-5H3,(H,23,24)/b22-11+. The Morgan fingerprint density at radius 2 is 2.19 bits per heavy atom. The second kappa shape index (κ2) is 9.28. The largest absolute Gasteiger partial charge is 0.481 e. The molecule has 146 valence electrons. The summed E-state index contributed by atoms with van der Waals surface area (Å²) >= 11 is 7.94. The minimum atomic E-state index is -0.665. The number of oxime groups is 1. The van der Waals surface area contributed by atoms with E-state index in [-0.39, 0.29) is 5.91 Å². The molecule has 1 amide bonds. The number of fused-ring (bicyclic) bond motifs is 1. The lowest BCUT2D eigenvalue weighted by atomic mass is 10.1. The van der Waals surface area contributed by atoms with Crippen LogP contribution in [0.4, 0.5) is 0 Å². The molecule has 1 atom stereocenters. The van der Waals surface area contributed by atoms with Crippen molar-refractivity contribution in [3.63, 3.8) is 0 Å². The average Bonchev–Trinajstić information content (AvgIpc) is 2.63. The smallest absolute Gasteiger partial charge is 0.261 e. The number of thioether (sulfide) groups is 1. The van der Waals surface area contributed by atoms with Crippen molar-refractivity contribution in [2.24, 2.45) is 5.16 Å². The van der Waals surface area contributed by atoms with Gasteiger partial charge in [-0.2, -0.15) is 0 Å². The fraction of sp³-hybridized carbons (Fsp3) is 0.421. The zero-order chi connectivity index (χ0) is 20.0. The number of halogens is 1. The Labute approximate surface area is 168 Å². The molecule has 0 spiro atoms. The molecule has 2 rings (SSSR count). The number of ether oxygens (including phenoxy) is 1. The maximum Gasteiger partial charge on any atom is 0.261 e. The first-order valence-corrected chi connectivity index (χ1v) is 10.1. The second-order valence-electron chi connectivity index (χ2n) is 6.49. The van der Waals surface area contributed by atoms with E-state index in [0.717, 1.165) is 10.3 Å².